The van der Waals surface area contributed by atoms with E-state index in [0.29, 0.717) is 5.69 Å². The zero-order valence-electron chi connectivity index (χ0n) is 14.3. The highest BCUT2D eigenvalue weighted by atomic mass is 16.6. The van der Waals surface area contributed by atoms with Crippen LogP contribution >= 0.6 is 0 Å². The van der Waals surface area contributed by atoms with Crippen molar-refractivity contribution in [2.45, 2.75) is 20.3 Å². The van der Waals surface area contributed by atoms with Gasteiger partial charge in [-0.2, -0.15) is 0 Å². The SMILES string of the molecule is CCc1cccc(C)c1NC(=O)c1ccc(N(C)C)c([N+](=O)[O-])c1. The van der Waals surface area contributed by atoms with E-state index in [2.05, 4.69) is 5.32 Å². The van der Waals surface area contributed by atoms with Crippen LogP contribution in [0.25, 0.3) is 0 Å². The number of carbonyl (C=O) groups is 1. The summed E-state index contributed by atoms with van der Waals surface area (Å²) in [7, 11) is 3.45. The van der Waals surface area contributed by atoms with Crippen molar-refractivity contribution >= 4 is 23.0 Å². The van der Waals surface area contributed by atoms with Crippen molar-refractivity contribution in [3.05, 3.63) is 63.2 Å². The second-order valence-corrected chi connectivity index (χ2v) is 5.77. The van der Waals surface area contributed by atoms with Gasteiger partial charge in [0.2, 0.25) is 0 Å². The number of nitro groups is 1. The Morgan fingerprint density at radius 2 is 1.96 bits per heavy atom. The molecule has 1 amide bonds. The highest BCUT2D eigenvalue weighted by Crippen LogP contribution is 2.28. The number of anilines is 2. The lowest BCUT2D eigenvalue weighted by molar-refractivity contribution is -0.384. The fraction of sp³-hybridized carbons (Fsp3) is 0.278. The summed E-state index contributed by atoms with van der Waals surface area (Å²) in [6, 6.07) is 10.3. The standard InChI is InChI=1S/C18H21N3O3/c1-5-13-8-6-7-12(2)17(13)19-18(22)14-9-10-15(20(3)4)16(11-14)21(23)24/h6-11H,5H2,1-4H3,(H,19,22). The number of aryl methyl sites for hydroxylation is 2. The normalized spacial score (nSPS) is 10.3. The smallest absolute Gasteiger partial charge is 0.293 e. The lowest BCUT2D eigenvalue weighted by Crippen LogP contribution is -2.16. The van der Waals surface area contributed by atoms with Crippen molar-refractivity contribution in [1.82, 2.24) is 0 Å². The van der Waals surface area contributed by atoms with Crippen LogP contribution in [0.1, 0.15) is 28.4 Å². The van der Waals surface area contributed by atoms with Crippen LogP contribution in [-0.4, -0.2) is 24.9 Å². The number of nitro benzene ring substituents is 1. The second-order valence-electron chi connectivity index (χ2n) is 5.77. The molecule has 0 bridgehead atoms. The van der Waals surface area contributed by atoms with Gasteiger partial charge in [-0.3, -0.25) is 14.9 Å². The van der Waals surface area contributed by atoms with Crippen molar-refractivity contribution in [2.75, 3.05) is 24.3 Å². The highest BCUT2D eigenvalue weighted by molar-refractivity contribution is 6.05. The molecule has 0 unspecified atom stereocenters. The maximum absolute atomic E-state index is 12.5. The van der Waals surface area contributed by atoms with Gasteiger partial charge in [-0.1, -0.05) is 25.1 Å². The number of nitrogens with zero attached hydrogens (tertiary/aromatic N) is 2. The zero-order chi connectivity index (χ0) is 17.9. The molecule has 6 nitrogen and oxygen atoms in total. The molecular weight excluding hydrogens is 306 g/mol. The minimum absolute atomic E-state index is 0.0897. The van der Waals surface area contributed by atoms with Gasteiger partial charge in [0.15, 0.2) is 0 Å². The molecular formula is C18H21N3O3. The Kier molecular flexibility index (Phi) is 5.18. The number of hydrogen-bond donors (Lipinski definition) is 1. The highest BCUT2D eigenvalue weighted by Gasteiger charge is 2.19. The fourth-order valence-electron chi connectivity index (χ4n) is 2.58. The van der Waals surface area contributed by atoms with Gasteiger partial charge in [0, 0.05) is 31.4 Å². The lowest BCUT2D eigenvalue weighted by Gasteiger charge is -2.15. The molecule has 1 N–H and O–H groups in total. The Morgan fingerprint density at radius 1 is 1.25 bits per heavy atom. The topological polar surface area (TPSA) is 75.5 Å². The molecule has 0 aliphatic rings. The molecule has 0 spiro atoms. The van der Waals surface area contributed by atoms with Crippen LogP contribution in [0, 0.1) is 17.0 Å². The minimum atomic E-state index is -0.475. The molecule has 0 saturated carbocycles. The van der Waals surface area contributed by atoms with Crippen LogP contribution in [-0.2, 0) is 6.42 Å². The van der Waals surface area contributed by atoms with Gasteiger partial charge < -0.3 is 10.2 Å². The predicted octanol–water partition coefficient (Wildman–Crippen LogP) is 3.78. The third-order valence-electron chi connectivity index (χ3n) is 3.89. The molecule has 0 saturated heterocycles. The van der Waals surface area contributed by atoms with Gasteiger partial charge in [0.05, 0.1) is 4.92 Å². The summed E-state index contributed by atoms with van der Waals surface area (Å²) in [6.45, 7) is 3.94. The summed E-state index contributed by atoms with van der Waals surface area (Å²) in [5.74, 6) is -0.354. The molecule has 2 aromatic rings. The van der Waals surface area contributed by atoms with Crippen molar-refractivity contribution in [3.63, 3.8) is 0 Å². The summed E-state index contributed by atoms with van der Waals surface area (Å²) >= 11 is 0. The van der Waals surface area contributed by atoms with Gasteiger partial charge in [0.1, 0.15) is 5.69 Å². The largest absolute Gasteiger partial charge is 0.372 e. The Balaban J connectivity index is 2.38. The zero-order valence-corrected chi connectivity index (χ0v) is 14.3. The van der Waals surface area contributed by atoms with E-state index in [9.17, 15) is 14.9 Å². The van der Waals surface area contributed by atoms with Crippen LogP contribution in [0.5, 0.6) is 0 Å². The molecule has 0 heterocycles. The Bertz CT molecular complexity index is 785. The first-order chi connectivity index (χ1) is 11.3. The van der Waals surface area contributed by atoms with Gasteiger partial charge in [-0.25, -0.2) is 0 Å². The Hall–Kier alpha value is -2.89. The van der Waals surface area contributed by atoms with Crippen LogP contribution in [0.4, 0.5) is 17.1 Å². The van der Waals surface area contributed by atoms with Crippen molar-refractivity contribution < 1.29 is 9.72 Å². The lowest BCUT2D eigenvalue weighted by atomic mass is 10.0. The van der Waals surface area contributed by atoms with E-state index in [-0.39, 0.29) is 17.2 Å². The number of rotatable bonds is 5. The number of carbonyl (C=O) groups excluding carboxylic acids is 1. The van der Waals surface area contributed by atoms with Crippen molar-refractivity contribution in [2.24, 2.45) is 0 Å². The molecule has 126 valence electrons. The first-order valence-electron chi connectivity index (χ1n) is 7.70. The summed E-state index contributed by atoms with van der Waals surface area (Å²) < 4.78 is 0. The summed E-state index contributed by atoms with van der Waals surface area (Å²) in [5.41, 5.74) is 3.39. The third-order valence-corrected chi connectivity index (χ3v) is 3.89. The summed E-state index contributed by atoms with van der Waals surface area (Å²) in [5, 5.41) is 14.1. The number of para-hydroxylation sites is 1. The maximum Gasteiger partial charge on any atom is 0.293 e. The van der Waals surface area contributed by atoms with E-state index in [1.807, 2.05) is 32.0 Å². The predicted molar refractivity (Wildman–Crippen MR) is 95.9 cm³/mol. The van der Waals surface area contributed by atoms with Gasteiger partial charge in [-0.05, 0) is 36.6 Å². The first kappa shape index (κ1) is 17.5. The van der Waals surface area contributed by atoms with Crippen molar-refractivity contribution in [3.8, 4) is 0 Å². The van der Waals surface area contributed by atoms with Gasteiger partial charge >= 0.3 is 0 Å². The molecule has 0 aliphatic carbocycles. The first-order valence-corrected chi connectivity index (χ1v) is 7.70. The Morgan fingerprint density at radius 3 is 2.54 bits per heavy atom. The Labute approximate surface area is 141 Å². The van der Waals surface area contributed by atoms with E-state index in [4.69, 9.17) is 0 Å². The molecule has 6 heteroatoms. The monoisotopic (exact) mass is 327 g/mol. The van der Waals surface area contributed by atoms with Crippen LogP contribution in [0.3, 0.4) is 0 Å². The molecule has 0 fully saturated rings. The van der Waals surface area contributed by atoms with E-state index >= 15 is 0 Å². The van der Waals surface area contributed by atoms with E-state index in [0.717, 1.165) is 23.2 Å². The molecule has 2 aromatic carbocycles. The summed E-state index contributed by atoms with van der Waals surface area (Å²) in [6.07, 6.45) is 0.789. The number of hydrogen-bond acceptors (Lipinski definition) is 4. The van der Waals surface area contributed by atoms with E-state index in [1.165, 1.54) is 6.07 Å². The van der Waals surface area contributed by atoms with Crippen LogP contribution < -0.4 is 10.2 Å². The molecule has 0 radical (unpaired) electrons. The van der Waals surface area contributed by atoms with Crippen LogP contribution in [0.2, 0.25) is 0 Å². The number of nitrogens with one attached hydrogen (secondary N) is 1. The average Bonchev–Trinajstić information content (AvgIpc) is 2.55. The van der Waals surface area contributed by atoms with E-state index in [1.54, 1.807) is 31.1 Å². The molecule has 0 aliphatic heterocycles. The second kappa shape index (κ2) is 7.12. The number of benzene rings is 2. The third kappa shape index (κ3) is 3.53. The summed E-state index contributed by atoms with van der Waals surface area (Å²) in [4.78, 5) is 25.0. The molecule has 24 heavy (non-hydrogen) atoms. The van der Waals surface area contributed by atoms with Gasteiger partial charge in [0.25, 0.3) is 11.6 Å². The minimum Gasteiger partial charge on any atom is -0.372 e. The van der Waals surface area contributed by atoms with Gasteiger partial charge in [-0.15, -0.1) is 0 Å². The van der Waals surface area contributed by atoms with Crippen LogP contribution in [0.15, 0.2) is 36.4 Å². The average molecular weight is 327 g/mol. The van der Waals surface area contributed by atoms with Crippen molar-refractivity contribution in [1.29, 1.82) is 0 Å². The maximum atomic E-state index is 12.5. The molecule has 0 atom stereocenters. The molecule has 2 rings (SSSR count). The van der Waals surface area contributed by atoms with E-state index < -0.39 is 4.92 Å². The quantitative estimate of drug-likeness (QED) is 0.670. The fourth-order valence-corrected chi connectivity index (χ4v) is 2.58. The number of amides is 1. The molecule has 0 aromatic heterocycles.